The quantitative estimate of drug-likeness (QED) is 0.679. The highest BCUT2D eigenvalue weighted by Gasteiger charge is 2.34. The molecule has 24 heavy (non-hydrogen) atoms. The van der Waals surface area contributed by atoms with Crippen LogP contribution < -0.4 is 9.64 Å². The minimum absolute atomic E-state index is 0.0465. The molecular weight excluding hydrogens is 320 g/mol. The Morgan fingerprint density at radius 2 is 1.96 bits per heavy atom. The summed E-state index contributed by atoms with van der Waals surface area (Å²) in [7, 11) is 0. The van der Waals surface area contributed by atoms with Crippen LogP contribution in [0.5, 0.6) is 5.75 Å². The summed E-state index contributed by atoms with van der Waals surface area (Å²) >= 11 is 6.25. The molecule has 2 atom stereocenters. The van der Waals surface area contributed by atoms with E-state index in [1.54, 1.807) is 0 Å². The third-order valence-corrected chi connectivity index (χ3v) is 5.18. The zero-order valence-electron chi connectivity index (χ0n) is 14.6. The Morgan fingerprint density at radius 3 is 2.75 bits per heavy atom. The first-order chi connectivity index (χ1) is 11.7. The van der Waals surface area contributed by atoms with Crippen LogP contribution in [-0.4, -0.2) is 43.2 Å². The van der Waals surface area contributed by atoms with E-state index in [1.807, 2.05) is 12.1 Å². The minimum Gasteiger partial charge on any atom is -0.482 e. The van der Waals surface area contributed by atoms with Gasteiger partial charge in [0.05, 0.1) is 11.7 Å². The Balaban J connectivity index is 1.70. The molecule has 130 valence electrons. The molecule has 1 heterocycles. The van der Waals surface area contributed by atoms with Crippen molar-refractivity contribution in [2.75, 3.05) is 31.1 Å². The van der Waals surface area contributed by atoms with Crippen LogP contribution in [0.1, 0.15) is 26.7 Å². The predicted octanol–water partition coefficient (Wildman–Crippen LogP) is 4.44. The van der Waals surface area contributed by atoms with E-state index in [2.05, 4.69) is 54.0 Å². The Labute approximate surface area is 150 Å². The molecule has 1 aliphatic heterocycles. The lowest BCUT2D eigenvalue weighted by Gasteiger charge is -2.42. The number of hydrogen-bond donors (Lipinski definition) is 0. The monoisotopic (exact) mass is 346 g/mol. The van der Waals surface area contributed by atoms with E-state index in [-0.39, 0.29) is 12.1 Å². The summed E-state index contributed by atoms with van der Waals surface area (Å²) in [5, 5.41) is 0.798. The second-order valence-electron chi connectivity index (χ2n) is 6.38. The molecule has 0 fully saturated rings. The second kappa shape index (κ2) is 8.09. The molecule has 2 aliphatic rings. The molecular formula is C20H27ClN2O. The molecule has 0 bridgehead atoms. The maximum atomic E-state index is 6.25. The van der Waals surface area contributed by atoms with Crippen LogP contribution in [0.15, 0.2) is 47.5 Å². The maximum absolute atomic E-state index is 6.25. The Morgan fingerprint density at radius 1 is 1.17 bits per heavy atom. The Bertz CT molecular complexity index is 609. The highest BCUT2D eigenvalue weighted by Crippen LogP contribution is 2.38. The summed E-state index contributed by atoms with van der Waals surface area (Å²) in [5.74, 6) is 0.971. The summed E-state index contributed by atoms with van der Waals surface area (Å²) in [6, 6.07) is 8.51. The van der Waals surface area contributed by atoms with Gasteiger partial charge in [-0.05, 0) is 62.8 Å². The molecule has 0 spiro atoms. The number of anilines is 1. The van der Waals surface area contributed by atoms with Crippen LogP contribution in [0.2, 0.25) is 0 Å². The van der Waals surface area contributed by atoms with Crippen molar-refractivity contribution in [2.45, 2.75) is 38.8 Å². The van der Waals surface area contributed by atoms with Gasteiger partial charge < -0.3 is 14.5 Å². The third kappa shape index (κ3) is 3.79. The van der Waals surface area contributed by atoms with Gasteiger partial charge in [-0.25, -0.2) is 0 Å². The molecule has 4 heteroatoms. The van der Waals surface area contributed by atoms with Crippen molar-refractivity contribution < 1.29 is 4.74 Å². The molecule has 0 saturated carbocycles. The molecule has 2 unspecified atom stereocenters. The van der Waals surface area contributed by atoms with Crippen molar-refractivity contribution in [3.63, 3.8) is 0 Å². The lowest BCUT2D eigenvalue weighted by atomic mass is 9.99. The van der Waals surface area contributed by atoms with Crippen LogP contribution in [0.3, 0.4) is 0 Å². The average Bonchev–Trinajstić information content (AvgIpc) is 2.61. The molecule has 0 amide bonds. The third-order valence-electron chi connectivity index (χ3n) is 4.93. The second-order valence-corrected chi connectivity index (χ2v) is 6.82. The molecule has 1 aliphatic carbocycles. The number of nitrogens with zero attached hydrogens (tertiary/aromatic N) is 2. The fourth-order valence-electron chi connectivity index (χ4n) is 3.52. The SMILES string of the molecule is CCN(CC)CCCCN1c2ccccc2OC2C=CC(Cl)=CC21. The van der Waals surface area contributed by atoms with Gasteiger partial charge in [-0.1, -0.05) is 37.6 Å². The van der Waals surface area contributed by atoms with Crippen molar-refractivity contribution in [1.29, 1.82) is 0 Å². The van der Waals surface area contributed by atoms with Gasteiger partial charge in [0.2, 0.25) is 0 Å². The molecule has 1 aromatic carbocycles. The summed E-state index contributed by atoms with van der Waals surface area (Å²) < 4.78 is 6.15. The van der Waals surface area contributed by atoms with Gasteiger partial charge in [-0.3, -0.25) is 0 Å². The summed E-state index contributed by atoms with van der Waals surface area (Å²) in [6.45, 7) is 8.91. The molecule has 0 saturated heterocycles. The summed E-state index contributed by atoms with van der Waals surface area (Å²) in [5.41, 5.74) is 1.18. The maximum Gasteiger partial charge on any atom is 0.143 e. The first-order valence-corrected chi connectivity index (χ1v) is 9.41. The average molecular weight is 347 g/mol. The number of fused-ring (bicyclic) bond motifs is 2. The Hall–Kier alpha value is -1.45. The van der Waals surface area contributed by atoms with E-state index in [0.717, 1.165) is 30.4 Å². The van der Waals surface area contributed by atoms with E-state index < -0.39 is 0 Å². The number of ether oxygens (including phenoxy) is 1. The van der Waals surface area contributed by atoms with Crippen molar-refractivity contribution in [1.82, 2.24) is 4.90 Å². The first kappa shape index (κ1) is 17.4. The number of benzene rings is 1. The fourth-order valence-corrected chi connectivity index (χ4v) is 3.72. The van der Waals surface area contributed by atoms with Crippen LogP contribution in [-0.2, 0) is 0 Å². The summed E-state index contributed by atoms with van der Waals surface area (Å²) in [6.07, 6.45) is 8.56. The zero-order valence-corrected chi connectivity index (χ0v) is 15.4. The largest absolute Gasteiger partial charge is 0.482 e. The summed E-state index contributed by atoms with van der Waals surface area (Å²) in [4.78, 5) is 4.94. The normalized spacial score (nSPS) is 22.0. The Kier molecular flexibility index (Phi) is 5.85. The highest BCUT2D eigenvalue weighted by molar-refractivity contribution is 6.31. The zero-order chi connectivity index (χ0) is 16.9. The van der Waals surface area contributed by atoms with E-state index in [4.69, 9.17) is 16.3 Å². The first-order valence-electron chi connectivity index (χ1n) is 9.03. The standard InChI is InChI=1S/C20H27ClN2O/c1-3-22(4-2)13-7-8-14-23-17-9-5-6-10-19(17)24-20-12-11-16(21)15-18(20)23/h5-6,9-12,15,18,20H,3-4,7-8,13-14H2,1-2H3. The number of unbranched alkanes of at least 4 members (excludes halogenated alkanes) is 1. The van der Waals surface area contributed by atoms with Gasteiger partial charge in [0.1, 0.15) is 11.9 Å². The van der Waals surface area contributed by atoms with E-state index in [9.17, 15) is 0 Å². The number of rotatable bonds is 7. The van der Waals surface area contributed by atoms with Gasteiger partial charge in [0, 0.05) is 11.6 Å². The van der Waals surface area contributed by atoms with Gasteiger partial charge in [0.25, 0.3) is 0 Å². The number of hydrogen-bond acceptors (Lipinski definition) is 3. The van der Waals surface area contributed by atoms with Crippen molar-refractivity contribution in [2.24, 2.45) is 0 Å². The number of para-hydroxylation sites is 2. The van der Waals surface area contributed by atoms with Gasteiger partial charge in [0.15, 0.2) is 0 Å². The van der Waals surface area contributed by atoms with Gasteiger partial charge in [-0.15, -0.1) is 0 Å². The van der Waals surface area contributed by atoms with Crippen molar-refractivity contribution >= 4 is 17.3 Å². The van der Waals surface area contributed by atoms with Crippen LogP contribution in [0.4, 0.5) is 5.69 Å². The molecule has 1 aromatic rings. The van der Waals surface area contributed by atoms with E-state index in [0.29, 0.717) is 0 Å². The molecule has 0 N–H and O–H groups in total. The predicted molar refractivity (Wildman–Crippen MR) is 102 cm³/mol. The fraction of sp³-hybridized carbons (Fsp3) is 0.500. The van der Waals surface area contributed by atoms with Crippen molar-refractivity contribution in [3.8, 4) is 5.75 Å². The lowest BCUT2D eigenvalue weighted by Crippen LogP contribution is -2.49. The highest BCUT2D eigenvalue weighted by atomic mass is 35.5. The van der Waals surface area contributed by atoms with Gasteiger partial charge in [-0.2, -0.15) is 0 Å². The lowest BCUT2D eigenvalue weighted by molar-refractivity contribution is 0.210. The van der Waals surface area contributed by atoms with E-state index in [1.165, 1.54) is 25.1 Å². The minimum atomic E-state index is 0.0465. The topological polar surface area (TPSA) is 15.7 Å². The van der Waals surface area contributed by atoms with Crippen LogP contribution >= 0.6 is 11.6 Å². The van der Waals surface area contributed by atoms with Crippen LogP contribution in [0.25, 0.3) is 0 Å². The number of allylic oxidation sites excluding steroid dienone is 2. The molecule has 0 aromatic heterocycles. The molecule has 3 nitrogen and oxygen atoms in total. The van der Waals surface area contributed by atoms with Gasteiger partial charge >= 0.3 is 0 Å². The van der Waals surface area contributed by atoms with Crippen LogP contribution in [0, 0.1) is 0 Å². The van der Waals surface area contributed by atoms with E-state index >= 15 is 0 Å². The molecule has 0 radical (unpaired) electrons. The molecule has 3 rings (SSSR count). The number of halogens is 1. The smallest absolute Gasteiger partial charge is 0.143 e. The van der Waals surface area contributed by atoms with Crippen molar-refractivity contribution in [3.05, 3.63) is 47.5 Å².